The van der Waals surface area contributed by atoms with Gasteiger partial charge in [0.1, 0.15) is 5.82 Å². The van der Waals surface area contributed by atoms with E-state index in [2.05, 4.69) is 60.3 Å². The van der Waals surface area contributed by atoms with Gasteiger partial charge in [-0.15, -0.1) is 0 Å². The Kier molecular flexibility index (Phi) is 6.21. The van der Waals surface area contributed by atoms with Crippen molar-refractivity contribution in [2.45, 2.75) is 25.4 Å². The molecule has 3 heterocycles. The summed E-state index contributed by atoms with van der Waals surface area (Å²) in [6.45, 7) is 6.41. The SMILES string of the molecule is Brc1ccccc1CN1CCC(Nc2ccnc(N3CCOCC3)n2)CC1. The Morgan fingerprint density at radius 2 is 1.85 bits per heavy atom. The van der Waals surface area contributed by atoms with Crippen molar-refractivity contribution in [3.8, 4) is 0 Å². The van der Waals surface area contributed by atoms with Crippen molar-refractivity contribution in [1.29, 1.82) is 0 Å². The van der Waals surface area contributed by atoms with Gasteiger partial charge in [-0.25, -0.2) is 4.98 Å². The molecule has 6 nitrogen and oxygen atoms in total. The van der Waals surface area contributed by atoms with Crippen LogP contribution < -0.4 is 10.2 Å². The Morgan fingerprint density at radius 3 is 2.63 bits per heavy atom. The molecule has 2 aliphatic rings. The largest absolute Gasteiger partial charge is 0.378 e. The van der Waals surface area contributed by atoms with Crippen LogP contribution in [0.4, 0.5) is 11.8 Å². The smallest absolute Gasteiger partial charge is 0.227 e. The van der Waals surface area contributed by atoms with Crippen LogP contribution in [0.1, 0.15) is 18.4 Å². The second kappa shape index (κ2) is 8.99. The summed E-state index contributed by atoms with van der Waals surface area (Å²) in [6.07, 6.45) is 4.10. The molecule has 2 saturated heterocycles. The van der Waals surface area contributed by atoms with Gasteiger partial charge in [0.2, 0.25) is 5.95 Å². The molecular weight excluding hydrogens is 406 g/mol. The van der Waals surface area contributed by atoms with Crippen LogP contribution in [0.25, 0.3) is 0 Å². The number of piperidine rings is 1. The average molecular weight is 432 g/mol. The zero-order chi connectivity index (χ0) is 18.5. The highest BCUT2D eigenvalue weighted by Gasteiger charge is 2.21. The van der Waals surface area contributed by atoms with Crippen LogP contribution in [-0.4, -0.2) is 60.3 Å². The van der Waals surface area contributed by atoms with Crippen molar-refractivity contribution in [2.24, 2.45) is 0 Å². The van der Waals surface area contributed by atoms with Crippen LogP contribution >= 0.6 is 15.9 Å². The van der Waals surface area contributed by atoms with Crippen LogP contribution in [0.15, 0.2) is 41.0 Å². The number of halogens is 1. The number of rotatable bonds is 5. The number of likely N-dealkylation sites (tertiary alicyclic amines) is 1. The second-order valence-corrected chi connectivity index (χ2v) is 7.98. The van der Waals surface area contributed by atoms with Crippen LogP contribution in [0.2, 0.25) is 0 Å². The lowest BCUT2D eigenvalue weighted by Gasteiger charge is -2.33. The van der Waals surface area contributed by atoms with E-state index in [0.717, 1.165) is 70.5 Å². The van der Waals surface area contributed by atoms with Gasteiger partial charge < -0.3 is 15.0 Å². The third kappa shape index (κ3) is 4.97. The van der Waals surface area contributed by atoms with E-state index in [4.69, 9.17) is 9.72 Å². The molecule has 2 aromatic rings. The predicted molar refractivity (Wildman–Crippen MR) is 111 cm³/mol. The van der Waals surface area contributed by atoms with Crippen LogP contribution in [-0.2, 0) is 11.3 Å². The van der Waals surface area contributed by atoms with E-state index >= 15 is 0 Å². The Hall–Kier alpha value is -1.70. The fraction of sp³-hybridized carbons (Fsp3) is 0.500. The lowest BCUT2D eigenvalue weighted by molar-refractivity contribution is 0.122. The highest BCUT2D eigenvalue weighted by atomic mass is 79.9. The molecule has 0 spiro atoms. The maximum Gasteiger partial charge on any atom is 0.227 e. The van der Waals surface area contributed by atoms with Crippen molar-refractivity contribution in [3.63, 3.8) is 0 Å². The maximum atomic E-state index is 5.41. The lowest BCUT2D eigenvalue weighted by atomic mass is 10.0. The van der Waals surface area contributed by atoms with E-state index in [1.165, 1.54) is 10.0 Å². The Labute approximate surface area is 169 Å². The van der Waals surface area contributed by atoms with Gasteiger partial charge >= 0.3 is 0 Å². The predicted octanol–water partition coefficient (Wildman–Crippen LogP) is 3.15. The molecule has 0 atom stereocenters. The van der Waals surface area contributed by atoms with Gasteiger partial charge in [-0.2, -0.15) is 4.98 Å². The maximum absolute atomic E-state index is 5.41. The van der Waals surface area contributed by atoms with Crippen molar-refractivity contribution < 1.29 is 4.74 Å². The first kappa shape index (κ1) is 18.7. The van der Waals surface area contributed by atoms with E-state index in [-0.39, 0.29) is 0 Å². The third-order valence-corrected chi connectivity index (χ3v) is 6.00. The molecule has 0 radical (unpaired) electrons. The van der Waals surface area contributed by atoms with Crippen LogP contribution in [0.3, 0.4) is 0 Å². The van der Waals surface area contributed by atoms with E-state index in [9.17, 15) is 0 Å². The molecular formula is C20H26BrN5O. The number of aromatic nitrogens is 2. The molecule has 0 bridgehead atoms. The minimum absolute atomic E-state index is 0.466. The Morgan fingerprint density at radius 1 is 1.07 bits per heavy atom. The van der Waals surface area contributed by atoms with E-state index in [1.807, 2.05) is 12.3 Å². The van der Waals surface area contributed by atoms with Gasteiger partial charge in [0.15, 0.2) is 0 Å². The van der Waals surface area contributed by atoms with E-state index < -0.39 is 0 Å². The topological polar surface area (TPSA) is 53.5 Å². The second-order valence-electron chi connectivity index (χ2n) is 7.13. The summed E-state index contributed by atoms with van der Waals surface area (Å²) in [5.41, 5.74) is 1.36. The summed E-state index contributed by atoms with van der Waals surface area (Å²) in [7, 11) is 0. The summed E-state index contributed by atoms with van der Waals surface area (Å²) in [4.78, 5) is 13.9. The first-order chi connectivity index (χ1) is 13.3. The highest BCUT2D eigenvalue weighted by molar-refractivity contribution is 9.10. The van der Waals surface area contributed by atoms with Gasteiger partial charge in [-0.05, 0) is 30.5 Å². The fourth-order valence-corrected chi connectivity index (χ4v) is 4.07. The molecule has 0 amide bonds. The van der Waals surface area contributed by atoms with Crippen molar-refractivity contribution in [3.05, 3.63) is 46.6 Å². The lowest BCUT2D eigenvalue weighted by Crippen LogP contribution is -2.39. The van der Waals surface area contributed by atoms with Gasteiger partial charge in [-0.1, -0.05) is 34.1 Å². The molecule has 1 aromatic heterocycles. The molecule has 2 aliphatic heterocycles. The first-order valence-electron chi connectivity index (χ1n) is 9.66. The van der Waals surface area contributed by atoms with Gasteiger partial charge in [0.05, 0.1) is 13.2 Å². The molecule has 1 N–H and O–H groups in total. The summed E-state index contributed by atoms with van der Waals surface area (Å²) in [5, 5.41) is 3.61. The van der Waals surface area contributed by atoms with Gasteiger partial charge in [0, 0.05) is 49.4 Å². The molecule has 1 aromatic carbocycles. The number of hydrogen-bond donors (Lipinski definition) is 1. The molecule has 0 unspecified atom stereocenters. The normalized spacial score (nSPS) is 19.2. The van der Waals surface area contributed by atoms with Crippen molar-refractivity contribution in [1.82, 2.24) is 14.9 Å². The average Bonchev–Trinajstić information content (AvgIpc) is 2.72. The molecule has 0 aliphatic carbocycles. The number of hydrogen-bond acceptors (Lipinski definition) is 6. The molecule has 0 saturated carbocycles. The zero-order valence-electron chi connectivity index (χ0n) is 15.5. The highest BCUT2D eigenvalue weighted by Crippen LogP contribution is 2.22. The van der Waals surface area contributed by atoms with Crippen LogP contribution in [0.5, 0.6) is 0 Å². The minimum atomic E-state index is 0.466. The molecule has 2 fully saturated rings. The minimum Gasteiger partial charge on any atom is -0.378 e. The number of nitrogens with one attached hydrogen (secondary N) is 1. The number of morpholine rings is 1. The number of nitrogens with zero attached hydrogens (tertiary/aromatic N) is 4. The number of ether oxygens (including phenoxy) is 1. The first-order valence-corrected chi connectivity index (χ1v) is 10.5. The molecule has 27 heavy (non-hydrogen) atoms. The number of benzene rings is 1. The quantitative estimate of drug-likeness (QED) is 0.784. The molecule has 4 rings (SSSR count). The van der Waals surface area contributed by atoms with E-state index in [0.29, 0.717) is 6.04 Å². The van der Waals surface area contributed by atoms with Gasteiger partial charge in [-0.3, -0.25) is 4.90 Å². The summed E-state index contributed by atoms with van der Waals surface area (Å²) >= 11 is 3.65. The fourth-order valence-electron chi connectivity index (χ4n) is 3.66. The van der Waals surface area contributed by atoms with Crippen molar-refractivity contribution in [2.75, 3.05) is 49.6 Å². The van der Waals surface area contributed by atoms with Crippen molar-refractivity contribution >= 4 is 27.7 Å². The van der Waals surface area contributed by atoms with Gasteiger partial charge in [0.25, 0.3) is 0 Å². The molecule has 144 valence electrons. The Bertz CT molecular complexity index is 745. The monoisotopic (exact) mass is 431 g/mol. The summed E-state index contributed by atoms with van der Waals surface area (Å²) in [6, 6.07) is 10.9. The standard InChI is InChI=1S/C20H26BrN5O/c21-18-4-2-1-3-16(18)15-25-9-6-17(7-10-25)23-19-5-8-22-20(24-19)26-11-13-27-14-12-26/h1-5,8,17H,6-7,9-15H2,(H,22,23,24). The Balaban J connectivity index is 1.29. The zero-order valence-corrected chi connectivity index (χ0v) is 17.1. The number of anilines is 2. The van der Waals surface area contributed by atoms with E-state index in [1.54, 1.807) is 0 Å². The van der Waals surface area contributed by atoms with Crippen LogP contribution in [0, 0.1) is 0 Å². The molecule has 7 heteroatoms. The summed E-state index contributed by atoms with van der Waals surface area (Å²) < 4.78 is 6.61. The summed E-state index contributed by atoms with van der Waals surface area (Å²) in [5.74, 6) is 1.73. The third-order valence-electron chi connectivity index (χ3n) is 5.23.